The van der Waals surface area contributed by atoms with Gasteiger partial charge in [0.15, 0.2) is 6.10 Å². The van der Waals surface area contributed by atoms with Crippen molar-refractivity contribution in [3.05, 3.63) is 0 Å². The van der Waals surface area contributed by atoms with Crippen molar-refractivity contribution >= 4 is 19.6 Å². The van der Waals surface area contributed by atoms with E-state index < -0.39 is 25.7 Å². The maximum Gasteiger partial charge on any atom is 0.401 e. The van der Waals surface area contributed by atoms with Gasteiger partial charge in [-0.15, -0.1) is 0 Å². The molecule has 8 heteroatoms. The van der Waals surface area contributed by atoms with Crippen LogP contribution in [0, 0.1) is 0 Å². The summed E-state index contributed by atoms with van der Waals surface area (Å²) in [6, 6.07) is 0. The van der Waals surface area contributed by atoms with Crippen LogP contribution in [0.3, 0.4) is 0 Å². The standard InChI is InChI=1S/C4H7N2O5P/c5-12(9,10)11-2-1-3(7)6-4(2)8/h2H,1H2,(H3,5,9,10)(H,6,7,8). The van der Waals surface area contributed by atoms with E-state index in [4.69, 9.17) is 4.89 Å². The molecule has 0 spiro atoms. The van der Waals surface area contributed by atoms with E-state index in [0.29, 0.717) is 0 Å². The fourth-order valence-corrected chi connectivity index (χ4v) is 1.33. The van der Waals surface area contributed by atoms with Crippen molar-refractivity contribution in [1.82, 2.24) is 5.32 Å². The van der Waals surface area contributed by atoms with Crippen molar-refractivity contribution in [2.45, 2.75) is 12.5 Å². The summed E-state index contributed by atoms with van der Waals surface area (Å²) in [5.74, 6) is -1.28. The first-order chi connectivity index (χ1) is 5.38. The fraction of sp³-hybridized carbons (Fsp3) is 0.500. The van der Waals surface area contributed by atoms with Crippen LogP contribution >= 0.6 is 7.75 Å². The lowest BCUT2D eigenvalue weighted by Crippen LogP contribution is -2.26. The molecule has 1 aliphatic rings. The third-order valence-electron chi connectivity index (χ3n) is 1.20. The number of hydrogen-bond donors (Lipinski definition) is 3. The monoisotopic (exact) mass is 194 g/mol. The topological polar surface area (TPSA) is 119 Å². The maximum absolute atomic E-state index is 10.7. The van der Waals surface area contributed by atoms with Crippen LogP contribution in [-0.2, 0) is 18.7 Å². The predicted octanol–water partition coefficient (Wildman–Crippen LogP) is -1.52. The van der Waals surface area contributed by atoms with Crippen molar-refractivity contribution < 1.29 is 23.6 Å². The predicted molar refractivity (Wildman–Crippen MR) is 36.7 cm³/mol. The smallest absolute Gasteiger partial charge is 0.313 e. The minimum absolute atomic E-state index is 0.263. The molecule has 2 atom stereocenters. The lowest BCUT2D eigenvalue weighted by molar-refractivity contribution is -0.127. The molecule has 1 saturated heterocycles. The quantitative estimate of drug-likeness (QED) is 0.362. The average Bonchev–Trinajstić information content (AvgIpc) is 2.06. The number of carbonyl (C=O) groups is 2. The number of nitrogens with one attached hydrogen (secondary N) is 1. The number of carbonyl (C=O) groups excluding carboxylic acids is 2. The van der Waals surface area contributed by atoms with Crippen LogP contribution < -0.4 is 10.8 Å². The van der Waals surface area contributed by atoms with Gasteiger partial charge in [0.05, 0.1) is 6.42 Å². The Morgan fingerprint density at radius 2 is 2.25 bits per heavy atom. The summed E-state index contributed by atoms with van der Waals surface area (Å²) >= 11 is 0. The molecule has 1 rings (SSSR count). The summed E-state index contributed by atoms with van der Waals surface area (Å²) in [6.07, 6.45) is -1.50. The average molecular weight is 194 g/mol. The van der Waals surface area contributed by atoms with E-state index in [-0.39, 0.29) is 6.42 Å². The van der Waals surface area contributed by atoms with E-state index in [1.165, 1.54) is 0 Å². The number of hydrogen-bond acceptors (Lipinski definition) is 4. The van der Waals surface area contributed by atoms with Gasteiger partial charge in [0.1, 0.15) is 0 Å². The summed E-state index contributed by atoms with van der Waals surface area (Å²) in [4.78, 5) is 29.7. The minimum atomic E-state index is -4.19. The second-order valence-electron chi connectivity index (χ2n) is 2.27. The lowest BCUT2D eigenvalue weighted by Gasteiger charge is -2.09. The zero-order valence-electron chi connectivity index (χ0n) is 5.89. The highest BCUT2D eigenvalue weighted by molar-refractivity contribution is 7.50. The Labute approximate surface area is 67.5 Å². The summed E-state index contributed by atoms with van der Waals surface area (Å²) in [5, 5.41) is 1.90. The second kappa shape index (κ2) is 2.95. The van der Waals surface area contributed by atoms with Crippen LogP contribution in [-0.4, -0.2) is 22.8 Å². The third kappa shape index (κ3) is 2.38. The van der Waals surface area contributed by atoms with E-state index in [2.05, 4.69) is 10.0 Å². The summed E-state index contributed by atoms with van der Waals surface area (Å²) < 4.78 is 14.7. The van der Waals surface area contributed by atoms with Crippen molar-refractivity contribution in [3.63, 3.8) is 0 Å². The zero-order chi connectivity index (χ0) is 9.35. The Balaban J connectivity index is 2.61. The minimum Gasteiger partial charge on any atom is -0.313 e. The van der Waals surface area contributed by atoms with Crippen LogP contribution in [0.5, 0.6) is 0 Å². The Morgan fingerprint density at radius 1 is 1.67 bits per heavy atom. The highest BCUT2D eigenvalue weighted by atomic mass is 31.2. The van der Waals surface area contributed by atoms with Crippen LogP contribution in [0.25, 0.3) is 0 Å². The van der Waals surface area contributed by atoms with E-state index in [0.717, 1.165) is 0 Å². The van der Waals surface area contributed by atoms with Gasteiger partial charge >= 0.3 is 7.75 Å². The SMILES string of the molecule is NP(=O)(O)OC1CC(=O)NC1=O. The van der Waals surface area contributed by atoms with Gasteiger partial charge in [0, 0.05) is 0 Å². The zero-order valence-corrected chi connectivity index (χ0v) is 6.78. The molecule has 7 nitrogen and oxygen atoms in total. The normalized spacial score (nSPS) is 28.3. The number of imide groups is 1. The van der Waals surface area contributed by atoms with E-state index >= 15 is 0 Å². The molecule has 0 bridgehead atoms. The molecule has 0 aromatic carbocycles. The Morgan fingerprint density at radius 3 is 2.58 bits per heavy atom. The largest absolute Gasteiger partial charge is 0.401 e. The first kappa shape index (κ1) is 9.34. The highest BCUT2D eigenvalue weighted by Crippen LogP contribution is 2.34. The van der Waals surface area contributed by atoms with Gasteiger partial charge < -0.3 is 4.89 Å². The molecule has 0 saturated carbocycles. The van der Waals surface area contributed by atoms with E-state index in [9.17, 15) is 14.2 Å². The number of amides is 2. The molecule has 1 heterocycles. The summed E-state index contributed by atoms with van der Waals surface area (Å²) in [6.45, 7) is 0. The molecule has 1 aliphatic heterocycles. The van der Waals surface area contributed by atoms with Gasteiger partial charge in [-0.25, -0.2) is 10.1 Å². The van der Waals surface area contributed by atoms with E-state index in [1.54, 1.807) is 0 Å². The third-order valence-corrected chi connectivity index (χ3v) is 1.76. The van der Waals surface area contributed by atoms with Crippen LogP contribution in [0.2, 0.25) is 0 Å². The Bertz CT molecular complexity index is 271. The molecule has 0 radical (unpaired) electrons. The van der Waals surface area contributed by atoms with Crippen molar-refractivity contribution in [1.29, 1.82) is 0 Å². The van der Waals surface area contributed by atoms with Gasteiger partial charge in [-0.3, -0.25) is 19.4 Å². The molecule has 0 aliphatic carbocycles. The number of nitrogens with two attached hydrogens (primary N) is 1. The van der Waals surface area contributed by atoms with Gasteiger partial charge in [0.2, 0.25) is 5.91 Å². The fourth-order valence-electron chi connectivity index (χ4n) is 0.797. The Kier molecular flexibility index (Phi) is 2.29. The second-order valence-corrected chi connectivity index (χ2v) is 3.61. The van der Waals surface area contributed by atoms with Crippen molar-refractivity contribution in [2.24, 2.45) is 5.50 Å². The molecule has 1 fully saturated rings. The van der Waals surface area contributed by atoms with Crippen molar-refractivity contribution in [3.8, 4) is 0 Å². The van der Waals surface area contributed by atoms with Gasteiger partial charge in [-0.1, -0.05) is 0 Å². The van der Waals surface area contributed by atoms with Gasteiger partial charge in [-0.2, -0.15) is 0 Å². The molecule has 2 amide bonds. The maximum atomic E-state index is 10.7. The van der Waals surface area contributed by atoms with Gasteiger partial charge in [-0.05, 0) is 0 Å². The highest BCUT2D eigenvalue weighted by Gasteiger charge is 2.35. The molecule has 2 unspecified atom stereocenters. The lowest BCUT2D eigenvalue weighted by atomic mass is 10.3. The first-order valence-corrected chi connectivity index (χ1v) is 4.66. The van der Waals surface area contributed by atoms with Crippen LogP contribution in [0.15, 0.2) is 0 Å². The number of rotatable bonds is 2. The summed E-state index contributed by atoms with van der Waals surface area (Å²) in [7, 11) is -4.19. The Hall–Kier alpha value is -0.750. The molecule has 4 N–H and O–H groups in total. The van der Waals surface area contributed by atoms with Crippen molar-refractivity contribution in [2.75, 3.05) is 0 Å². The molecule has 0 aromatic rings. The molecule has 12 heavy (non-hydrogen) atoms. The summed E-state index contributed by atoms with van der Waals surface area (Å²) in [5.41, 5.74) is 4.62. The van der Waals surface area contributed by atoms with Crippen LogP contribution in [0.4, 0.5) is 0 Å². The van der Waals surface area contributed by atoms with Gasteiger partial charge in [0.25, 0.3) is 5.91 Å². The first-order valence-electron chi connectivity index (χ1n) is 3.02. The van der Waals surface area contributed by atoms with Crippen LogP contribution in [0.1, 0.15) is 6.42 Å². The molecular weight excluding hydrogens is 187 g/mol. The molecule has 68 valence electrons. The molecular formula is C4H7N2O5P. The van der Waals surface area contributed by atoms with E-state index in [1.807, 2.05) is 5.32 Å². The molecule has 0 aromatic heterocycles.